The van der Waals surface area contributed by atoms with Gasteiger partial charge in [-0.05, 0) is 30.0 Å². The summed E-state index contributed by atoms with van der Waals surface area (Å²) in [6.07, 6.45) is 0.965. The number of hydrogen-bond donors (Lipinski definition) is 1. The van der Waals surface area contributed by atoms with Gasteiger partial charge in [0.15, 0.2) is 0 Å². The highest BCUT2D eigenvalue weighted by Crippen LogP contribution is 2.24. The third kappa shape index (κ3) is 3.10. The van der Waals surface area contributed by atoms with E-state index in [1.165, 1.54) is 10.9 Å². The van der Waals surface area contributed by atoms with Gasteiger partial charge in [0.1, 0.15) is 5.82 Å². The average Bonchev–Trinajstić information content (AvgIpc) is 2.87. The highest BCUT2D eigenvalue weighted by atomic mass is 35.5. The molecule has 1 heterocycles. The number of thiophene rings is 1. The van der Waals surface area contributed by atoms with Crippen LogP contribution in [0, 0.1) is 5.82 Å². The summed E-state index contributed by atoms with van der Waals surface area (Å²) in [6.45, 7) is 2.56. The molecule has 96 valence electrons. The van der Waals surface area contributed by atoms with Crippen LogP contribution in [0.5, 0.6) is 0 Å². The number of benzene rings is 1. The Morgan fingerprint density at radius 2 is 2.17 bits per heavy atom. The number of hydrogen-bond acceptors (Lipinski definition) is 2. The number of halogens is 2. The van der Waals surface area contributed by atoms with Crippen LogP contribution >= 0.6 is 22.9 Å². The average molecular weight is 284 g/mol. The zero-order valence-electron chi connectivity index (χ0n) is 10.1. The summed E-state index contributed by atoms with van der Waals surface area (Å²) in [4.78, 5) is 1.27. The second-order valence-electron chi connectivity index (χ2n) is 4.06. The minimum Gasteiger partial charge on any atom is -0.305 e. The molecule has 1 atom stereocenters. The van der Waals surface area contributed by atoms with Crippen molar-refractivity contribution < 1.29 is 4.39 Å². The van der Waals surface area contributed by atoms with E-state index >= 15 is 0 Å². The Bertz CT molecular complexity index is 478. The molecule has 4 heteroatoms. The molecule has 0 aliphatic rings. The van der Waals surface area contributed by atoms with Gasteiger partial charge in [0.05, 0.1) is 0 Å². The summed E-state index contributed by atoms with van der Waals surface area (Å²) >= 11 is 7.71. The molecule has 1 nitrogen and oxygen atoms in total. The lowest BCUT2D eigenvalue weighted by Gasteiger charge is -2.16. The molecule has 0 radical (unpaired) electrons. The van der Waals surface area contributed by atoms with Crippen LogP contribution in [0.25, 0.3) is 0 Å². The van der Waals surface area contributed by atoms with Gasteiger partial charge in [0, 0.05) is 28.0 Å². The monoisotopic (exact) mass is 283 g/mol. The molecule has 2 rings (SSSR count). The Hall–Kier alpha value is -0.900. The number of rotatable bonds is 5. The Labute approximate surface area is 116 Å². The van der Waals surface area contributed by atoms with E-state index in [1.54, 1.807) is 23.5 Å². The van der Waals surface area contributed by atoms with Crippen LogP contribution in [0.3, 0.4) is 0 Å². The predicted octanol–water partition coefficient (Wildman–Crippen LogP) is 4.78. The fourth-order valence-corrected chi connectivity index (χ4v) is 2.98. The molecule has 0 saturated carbocycles. The first-order chi connectivity index (χ1) is 8.72. The summed E-state index contributed by atoms with van der Waals surface area (Å²) in [5, 5.41) is 5.88. The molecular formula is C14H15ClFNS. The summed E-state index contributed by atoms with van der Waals surface area (Å²) < 4.78 is 13.6. The third-order valence-electron chi connectivity index (χ3n) is 2.88. The standard InChI is InChI=1S/C14H15ClFNS/c1-2-13(14-7-4-8-18-14)17-9-10-11(15)5-3-6-12(10)16/h3-8,13,17H,2,9H2,1H3. The Balaban J connectivity index is 2.06. The van der Waals surface area contributed by atoms with E-state index in [0.717, 1.165) is 6.42 Å². The minimum atomic E-state index is -0.254. The van der Waals surface area contributed by atoms with Crippen LogP contribution in [-0.4, -0.2) is 0 Å². The third-order valence-corrected chi connectivity index (χ3v) is 4.22. The fourth-order valence-electron chi connectivity index (χ4n) is 1.86. The summed E-state index contributed by atoms with van der Waals surface area (Å²) in [5.74, 6) is -0.254. The molecule has 0 spiro atoms. The summed E-state index contributed by atoms with van der Waals surface area (Å²) in [6, 6.07) is 9.15. The van der Waals surface area contributed by atoms with Gasteiger partial charge in [-0.3, -0.25) is 0 Å². The van der Waals surface area contributed by atoms with Crippen molar-refractivity contribution >= 4 is 22.9 Å². The zero-order chi connectivity index (χ0) is 13.0. The van der Waals surface area contributed by atoms with Gasteiger partial charge >= 0.3 is 0 Å². The van der Waals surface area contributed by atoms with Gasteiger partial charge in [-0.15, -0.1) is 11.3 Å². The van der Waals surface area contributed by atoms with E-state index < -0.39 is 0 Å². The second-order valence-corrected chi connectivity index (χ2v) is 5.44. The Morgan fingerprint density at radius 3 is 2.78 bits per heavy atom. The first-order valence-corrected chi connectivity index (χ1v) is 7.17. The molecule has 0 fully saturated rings. The van der Waals surface area contributed by atoms with Crippen LogP contribution in [0.4, 0.5) is 4.39 Å². The van der Waals surface area contributed by atoms with Gasteiger partial charge in [0.2, 0.25) is 0 Å². The summed E-state index contributed by atoms with van der Waals surface area (Å²) in [7, 11) is 0. The van der Waals surface area contributed by atoms with Crippen molar-refractivity contribution in [1.29, 1.82) is 0 Å². The first kappa shape index (κ1) is 13.5. The topological polar surface area (TPSA) is 12.0 Å². The lowest BCUT2D eigenvalue weighted by Crippen LogP contribution is -2.20. The molecule has 0 aliphatic carbocycles. The van der Waals surface area contributed by atoms with E-state index in [1.807, 2.05) is 6.07 Å². The highest BCUT2D eigenvalue weighted by Gasteiger charge is 2.12. The maximum Gasteiger partial charge on any atom is 0.129 e. The van der Waals surface area contributed by atoms with E-state index in [9.17, 15) is 4.39 Å². The van der Waals surface area contributed by atoms with Crippen LogP contribution in [0.15, 0.2) is 35.7 Å². The van der Waals surface area contributed by atoms with Crippen LogP contribution < -0.4 is 5.32 Å². The van der Waals surface area contributed by atoms with Crippen molar-refractivity contribution in [2.24, 2.45) is 0 Å². The zero-order valence-corrected chi connectivity index (χ0v) is 11.7. The largest absolute Gasteiger partial charge is 0.305 e. The minimum absolute atomic E-state index is 0.251. The fraction of sp³-hybridized carbons (Fsp3) is 0.286. The molecule has 0 bridgehead atoms. The smallest absolute Gasteiger partial charge is 0.129 e. The Morgan fingerprint density at radius 1 is 1.33 bits per heavy atom. The predicted molar refractivity (Wildman–Crippen MR) is 75.6 cm³/mol. The van der Waals surface area contributed by atoms with Crippen molar-refractivity contribution in [2.75, 3.05) is 0 Å². The van der Waals surface area contributed by atoms with E-state index in [0.29, 0.717) is 17.1 Å². The highest BCUT2D eigenvalue weighted by molar-refractivity contribution is 7.10. The van der Waals surface area contributed by atoms with Crippen LogP contribution in [0.2, 0.25) is 5.02 Å². The molecule has 18 heavy (non-hydrogen) atoms. The molecule has 1 aromatic heterocycles. The van der Waals surface area contributed by atoms with Crippen LogP contribution in [-0.2, 0) is 6.54 Å². The molecule has 0 amide bonds. The van der Waals surface area contributed by atoms with Crippen LogP contribution in [0.1, 0.15) is 29.8 Å². The quantitative estimate of drug-likeness (QED) is 0.832. The number of nitrogens with one attached hydrogen (secondary N) is 1. The lowest BCUT2D eigenvalue weighted by atomic mass is 10.1. The van der Waals surface area contributed by atoms with Crippen molar-refractivity contribution in [1.82, 2.24) is 5.32 Å². The molecule has 0 saturated heterocycles. The van der Waals surface area contributed by atoms with Gasteiger partial charge < -0.3 is 5.32 Å². The SMILES string of the molecule is CCC(NCc1c(F)cccc1Cl)c1cccs1. The summed E-state index contributed by atoms with van der Waals surface area (Å²) in [5.41, 5.74) is 0.536. The maximum atomic E-state index is 13.6. The van der Waals surface area contributed by atoms with Gasteiger partial charge in [-0.1, -0.05) is 30.7 Å². The molecule has 0 aliphatic heterocycles. The molecule has 1 N–H and O–H groups in total. The second kappa shape index (κ2) is 6.32. The van der Waals surface area contributed by atoms with E-state index in [4.69, 9.17) is 11.6 Å². The van der Waals surface area contributed by atoms with Crippen molar-refractivity contribution in [3.05, 3.63) is 57.0 Å². The van der Waals surface area contributed by atoms with Crippen molar-refractivity contribution in [3.8, 4) is 0 Å². The van der Waals surface area contributed by atoms with E-state index in [2.05, 4.69) is 23.7 Å². The molecular weight excluding hydrogens is 269 g/mol. The van der Waals surface area contributed by atoms with Gasteiger partial charge in [0.25, 0.3) is 0 Å². The van der Waals surface area contributed by atoms with Crippen molar-refractivity contribution in [2.45, 2.75) is 25.9 Å². The van der Waals surface area contributed by atoms with Gasteiger partial charge in [-0.2, -0.15) is 0 Å². The maximum absolute atomic E-state index is 13.6. The van der Waals surface area contributed by atoms with E-state index in [-0.39, 0.29) is 11.9 Å². The van der Waals surface area contributed by atoms with Gasteiger partial charge in [-0.25, -0.2) is 4.39 Å². The van der Waals surface area contributed by atoms with Crippen molar-refractivity contribution in [3.63, 3.8) is 0 Å². The normalized spacial score (nSPS) is 12.6. The first-order valence-electron chi connectivity index (χ1n) is 5.92. The molecule has 1 aromatic carbocycles. The molecule has 2 aromatic rings. The molecule has 1 unspecified atom stereocenters. The lowest BCUT2D eigenvalue weighted by molar-refractivity contribution is 0.510. The Kier molecular flexibility index (Phi) is 4.75.